The van der Waals surface area contributed by atoms with Gasteiger partial charge in [0.1, 0.15) is 5.82 Å². The smallest absolute Gasteiger partial charge is 0.224 e. The zero-order chi connectivity index (χ0) is 18.4. The number of benzene rings is 2. The number of hydrogen-bond donors (Lipinski definition) is 2. The number of amides is 1. The Labute approximate surface area is 152 Å². The monoisotopic (exact) mass is 351 g/mol. The van der Waals surface area contributed by atoms with Crippen molar-refractivity contribution in [2.45, 2.75) is 12.8 Å². The molecule has 0 bridgehead atoms. The number of nitrogens with one attached hydrogen (secondary N) is 2. The van der Waals surface area contributed by atoms with Crippen molar-refractivity contribution in [3.05, 3.63) is 60.4 Å². The quantitative estimate of drug-likeness (QED) is 0.681. The van der Waals surface area contributed by atoms with E-state index in [-0.39, 0.29) is 5.91 Å². The van der Waals surface area contributed by atoms with Gasteiger partial charge in [0.15, 0.2) is 11.5 Å². The molecule has 2 aromatic carbocycles. The number of para-hydroxylation sites is 1. The lowest BCUT2D eigenvalue weighted by molar-refractivity contribution is -0.116. The van der Waals surface area contributed by atoms with Crippen molar-refractivity contribution in [2.24, 2.45) is 0 Å². The molecular weight excluding hydrogens is 330 g/mol. The molecule has 6 heteroatoms. The maximum Gasteiger partial charge on any atom is 0.224 e. The average molecular weight is 351 g/mol. The molecule has 0 atom stereocenters. The predicted molar refractivity (Wildman–Crippen MR) is 101 cm³/mol. The molecule has 1 heterocycles. The summed E-state index contributed by atoms with van der Waals surface area (Å²) in [6, 6.07) is 13.2. The number of H-pyrrole nitrogens is 1. The zero-order valence-corrected chi connectivity index (χ0v) is 14.8. The minimum Gasteiger partial charge on any atom is -0.493 e. The summed E-state index contributed by atoms with van der Waals surface area (Å²) in [5.41, 5.74) is 2.59. The van der Waals surface area contributed by atoms with Crippen LogP contribution in [0.1, 0.15) is 12.0 Å². The third kappa shape index (κ3) is 4.03. The fourth-order valence-electron chi connectivity index (χ4n) is 2.79. The van der Waals surface area contributed by atoms with E-state index >= 15 is 0 Å². The Kier molecular flexibility index (Phi) is 5.53. The van der Waals surface area contributed by atoms with Crippen LogP contribution < -0.4 is 14.8 Å². The number of anilines is 1. The Morgan fingerprint density at radius 3 is 2.73 bits per heavy atom. The number of methoxy groups -OCH3 is 2. The predicted octanol–water partition coefficient (Wildman–Crippen LogP) is 3.67. The summed E-state index contributed by atoms with van der Waals surface area (Å²) in [6.07, 6.45) is 4.36. The Hall–Kier alpha value is -3.28. The van der Waals surface area contributed by atoms with Crippen LogP contribution in [0.15, 0.2) is 54.9 Å². The van der Waals surface area contributed by atoms with Crippen LogP contribution in [0, 0.1) is 0 Å². The lowest BCUT2D eigenvalue weighted by Gasteiger charge is -2.12. The van der Waals surface area contributed by atoms with Gasteiger partial charge in [-0.15, -0.1) is 0 Å². The number of carbonyl (C=O) groups is 1. The molecular formula is C20H21N3O3. The van der Waals surface area contributed by atoms with E-state index < -0.39 is 0 Å². The minimum atomic E-state index is -0.0635. The lowest BCUT2D eigenvalue weighted by atomic mass is 10.1. The van der Waals surface area contributed by atoms with E-state index in [4.69, 9.17) is 9.47 Å². The molecule has 0 radical (unpaired) electrons. The van der Waals surface area contributed by atoms with Crippen LogP contribution in [0.4, 0.5) is 5.69 Å². The molecule has 2 N–H and O–H groups in total. The first-order valence-electron chi connectivity index (χ1n) is 8.31. The molecule has 1 amide bonds. The second-order valence-corrected chi connectivity index (χ2v) is 5.72. The fourth-order valence-corrected chi connectivity index (χ4v) is 2.79. The highest BCUT2D eigenvalue weighted by Crippen LogP contribution is 2.31. The number of carbonyl (C=O) groups excluding carboxylic acids is 1. The summed E-state index contributed by atoms with van der Waals surface area (Å²) >= 11 is 0. The standard InChI is InChI=1S/C20H21N3O3/c1-25-17-8-4-5-14(19(17)26-2)9-10-18(24)23-16-7-3-6-15(13-16)20-21-11-12-22-20/h3-8,11-13H,9-10H2,1-2H3,(H,21,22)(H,23,24). The highest BCUT2D eigenvalue weighted by Gasteiger charge is 2.11. The van der Waals surface area contributed by atoms with E-state index in [0.29, 0.717) is 24.3 Å². The number of imidazole rings is 1. The van der Waals surface area contributed by atoms with Crippen molar-refractivity contribution >= 4 is 11.6 Å². The molecule has 0 aliphatic carbocycles. The van der Waals surface area contributed by atoms with Gasteiger partial charge in [0, 0.05) is 30.1 Å². The highest BCUT2D eigenvalue weighted by atomic mass is 16.5. The van der Waals surface area contributed by atoms with E-state index in [1.165, 1.54) is 0 Å². The third-order valence-corrected chi connectivity index (χ3v) is 4.02. The Balaban J connectivity index is 1.64. The molecule has 26 heavy (non-hydrogen) atoms. The summed E-state index contributed by atoms with van der Waals surface area (Å²) < 4.78 is 10.7. The number of nitrogens with zero attached hydrogens (tertiary/aromatic N) is 1. The number of ether oxygens (including phenoxy) is 2. The molecule has 3 rings (SSSR count). The van der Waals surface area contributed by atoms with E-state index in [0.717, 1.165) is 22.6 Å². The molecule has 134 valence electrons. The normalized spacial score (nSPS) is 10.4. The molecule has 0 saturated carbocycles. The van der Waals surface area contributed by atoms with Crippen LogP contribution in [-0.2, 0) is 11.2 Å². The lowest BCUT2D eigenvalue weighted by Crippen LogP contribution is -2.12. The van der Waals surface area contributed by atoms with E-state index in [2.05, 4.69) is 15.3 Å². The van der Waals surface area contributed by atoms with Crippen molar-refractivity contribution in [2.75, 3.05) is 19.5 Å². The van der Waals surface area contributed by atoms with Crippen molar-refractivity contribution < 1.29 is 14.3 Å². The first-order valence-corrected chi connectivity index (χ1v) is 8.31. The zero-order valence-electron chi connectivity index (χ0n) is 14.8. The van der Waals surface area contributed by atoms with Crippen molar-refractivity contribution in [1.29, 1.82) is 0 Å². The van der Waals surface area contributed by atoms with Gasteiger partial charge in [0.2, 0.25) is 5.91 Å². The van der Waals surface area contributed by atoms with Gasteiger partial charge >= 0.3 is 0 Å². The Morgan fingerprint density at radius 2 is 2.00 bits per heavy atom. The first kappa shape index (κ1) is 17.5. The molecule has 3 aromatic rings. The fraction of sp³-hybridized carbons (Fsp3) is 0.200. The van der Waals surface area contributed by atoms with Crippen LogP contribution >= 0.6 is 0 Å². The SMILES string of the molecule is COc1cccc(CCC(=O)Nc2cccc(-c3ncc[nH]3)c2)c1OC. The first-order chi connectivity index (χ1) is 12.7. The summed E-state index contributed by atoms with van der Waals surface area (Å²) in [5.74, 6) is 2.04. The van der Waals surface area contributed by atoms with Crippen LogP contribution in [0.25, 0.3) is 11.4 Å². The topological polar surface area (TPSA) is 76.2 Å². The summed E-state index contributed by atoms with van der Waals surface area (Å²) in [5, 5.41) is 2.93. The molecule has 0 aliphatic heterocycles. The van der Waals surface area contributed by atoms with Gasteiger partial charge in [-0.3, -0.25) is 4.79 Å². The minimum absolute atomic E-state index is 0.0635. The maximum atomic E-state index is 12.3. The maximum absolute atomic E-state index is 12.3. The second kappa shape index (κ2) is 8.20. The summed E-state index contributed by atoms with van der Waals surface area (Å²) in [4.78, 5) is 19.6. The number of rotatable bonds is 7. The van der Waals surface area contributed by atoms with Gasteiger partial charge in [-0.05, 0) is 30.2 Å². The molecule has 0 aliphatic rings. The van der Waals surface area contributed by atoms with E-state index in [1.807, 2.05) is 42.5 Å². The second-order valence-electron chi connectivity index (χ2n) is 5.72. The Morgan fingerprint density at radius 1 is 1.15 bits per heavy atom. The van der Waals surface area contributed by atoms with Crippen molar-refractivity contribution in [3.8, 4) is 22.9 Å². The number of hydrogen-bond acceptors (Lipinski definition) is 4. The van der Waals surface area contributed by atoms with Crippen molar-refractivity contribution in [1.82, 2.24) is 9.97 Å². The Bertz CT molecular complexity index is 876. The average Bonchev–Trinajstić information content (AvgIpc) is 3.21. The van der Waals surface area contributed by atoms with Crippen LogP contribution in [0.2, 0.25) is 0 Å². The van der Waals surface area contributed by atoms with E-state index in [9.17, 15) is 4.79 Å². The van der Waals surface area contributed by atoms with Gasteiger partial charge in [-0.1, -0.05) is 24.3 Å². The van der Waals surface area contributed by atoms with Gasteiger partial charge < -0.3 is 19.8 Å². The molecule has 0 fully saturated rings. The van der Waals surface area contributed by atoms with Gasteiger partial charge in [0.25, 0.3) is 0 Å². The van der Waals surface area contributed by atoms with Crippen LogP contribution in [-0.4, -0.2) is 30.1 Å². The third-order valence-electron chi connectivity index (χ3n) is 4.02. The molecule has 0 saturated heterocycles. The number of aromatic nitrogens is 2. The van der Waals surface area contributed by atoms with Gasteiger partial charge in [0.05, 0.1) is 14.2 Å². The highest BCUT2D eigenvalue weighted by molar-refractivity contribution is 5.91. The largest absolute Gasteiger partial charge is 0.493 e. The van der Waals surface area contributed by atoms with Crippen LogP contribution in [0.5, 0.6) is 11.5 Å². The molecule has 0 spiro atoms. The van der Waals surface area contributed by atoms with Gasteiger partial charge in [-0.25, -0.2) is 4.98 Å². The van der Waals surface area contributed by atoms with Crippen molar-refractivity contribution in [3.63, 3.8) is 0 Å². The molecule has 0 unspecified atom stereocenters. The van der Waals surface area contributed by atoms with Crippen LogP contribution in [0.3, 0.4) is 0 Å². The number of aromatic amines is 1. The van der Waals surface area contributed by atoms with Gasteiger partial charge in [-0.2, -0.15) is 0 Å². The summed E-state index contributed by atoms with van der Waals surface area (Å²) in [6.45, 7) is 0. The summed E-state index contributed by atoms with van der Waals surface area (Å²) in [7, 11) is 3.20. The number of aryl methyl sites for hydroxylation is 1. The molecule has 6 nitrogen and oxygen atoms in total. The molecule has 1 aromatic heterocycles. The van der Waals surface area contributed by atoms with E-state index in [1.54, 1.807) is 26.6 Å².